The number of sulfone groups is 1. The standard InChI is InChI=1S/C22H21ClN2O5S2/c1-13-8-18(14(2)25(13)17-6-7-32(28,29)12-17)20(26)10-30-22(27)19-11-31-21(24-19)15-4-3-5-16(23)9-15/h3-5,8-9,11,17H,6-7,10,12H2,1-2H3/t17-/m0/s1. The summed E-state index contributed by atoms with van der Waals surface area (Å²) in [5.41, 5.74) is 2.84. The monoisotopic (exact) mass is 492 g/mol. The molecule has 0 radical (unpaired) electrons. The van der Waals surface area contributed by atoms with Crippen molar-refractivity contribution in [3.63, 3.8) is 0 Å². The number of carbonyl (C=O) groups is 2. The van der Waals surface area contributed by atoms with Gasteiger partial charge in [0.15, 0.2) is 22.1 Å². The normalized spacial score (nSPS) is 17.4. The third kappa shape index (κ3) is 4.65. The lowest BCUT2D eigenvalue weighted by Gasteiger charge is -2.16. The fraction of sp³-hybridized carbons (Fsp3) is 0.318. The summed E-state index contributed by atoms with van der Waals surface area (Å²) >= 11 is 7.29. The number of carbonyl (C=O) groups excluding carboxylic acids is 2. The summed E-state index contributed by atoms with van der Waals surface area (Å²) in [5.74, 6) is -0.798. The van der Waals surface area contributed by atoms with Crippen LogP contribution in [0.15, 0.2) is 35.7 Å². The molecule has 1 aliphatic heterocycles. The van der Waals surface area contributed by atoms with E-state index in [2.05, 4.69) is 4.98 Å². The van der Waals surface area contributed by atoms with Crippen LogP contribution in [0.3, 0.4) is 0 Å². The van der Waals surface area contributed by atoms with Gasteiger partial charge < -0.3 is 9.30 Å². The van der Waals surface area contributed by atoms with Crippen LogP contribution in [-0.4, -0.2) is 47.8 Å². The number of ketones is 1. The second-order valence-corrected chi connectivity index (χ2v) is 11.3. The van der Waals surface area contributed by atoms with Crippen LogP contribution in [0, 0.1) is 13.8 Å². The predicted octanol–water partition coefficient (Wildman–Crippen LogP) is 4.28. The molecule has 0 unspecified atom stereocenters. The molecule has 0 saturated carbocycles. The molecule has 1 aliphatic rings. The van der Waals surface area contributed by atoms with Crippen LogP contribution < -0.4 is 0 Å². The molecule has 32 heavy (non-hydrogen) atoms. The average molecular weight is 493 g/mol. The molecule has 0 aliphatic carbocycles. The van der Waals surface area contributed by atoms with E-state index in [1.54, 1.807) is 36.6 Å². The molecule has 1 atom stereocenters. The van der Waals surface area contributed by atoms with Crippen LogP contribution in [0.25, 0.3) is 10.6 Å². The Hall–Kier alpha value is -2.49. The lowest BCUT2D eigenvalue weighted by Crippen LogP contribution is -2.17. The highest BCUT2D eigenvalue weighted by Crippen LogP contribution is 2.30. The number of hydrogen-bond donors (Lipinski definition) is 0. The van der Waals surface area contributed by atoms with Crippen LogP contribution in [0.4, 0.5) is 0 Å². The minimum absolute atomic E-state index is 0.0742. The zero-order valence-electron chi connectivity index (χ0n) is 17.5. The molecule has 1 saturated heterocycles. The fourth-order valence-electron chi connectivity index (χ4n) is 4.00. The number of thiazole rings is 1. The number of aryl methyl sites for hydroxylation is 1. The number of halogens is 1. The smallest absolute Gasteiger partial charge is 0.358 e. The van der Waals surface area contributed by atoms with Gasteiger partial charge in [0.05, 0.1) is 11.5 Å². The molecule has 3 aromatic rings. The summed E-state index contributed by atoms with van der Waals surface area (Å²) in [4.78, 5) is 29.4. The number of rotatable bonds is 6. The molecular weight excluding hydrogens is 472 g/mol. The van der Waals surface area contributed by atoms with Crippen LogP contribution >= 0.6 is 22.9 Å². The maximum absolute atomic E-state index is 12.7. The Morgan fingerprint density at radius 3 is 2.75 bits per heavy atom. The van der Waals surface area contributed by atoms with E-state index in [9.17, 15) is 18.0 Å². The molecule has 7 nitrogen and oxygen atoms in total. The summed E-state index contributed by atoms with van der Waals surface area (Å²) in [6, 6.07) is 8.69. The van der Waals surface area contributed by atoms with Gasteiger partial charge in [0.2, 0.25) is 5.78 Å². The predicted molar refractivity (Wildman–Crippen MR) is 123 cm³/mol. The van der Waals surface area contributed by atoms with Gasteiger partial charge in [-0.25, -0.2) is 18.2 Å². The van der Waals surface area contributed by atoms with Crippen molar-refractivity contribution in [2.75, 3.05) is 18.1 Å². The van der Waals surface area contributed by atoms with E-state index < -0.39 is 22.4 Å². The highest BCUT2D eigenvalue weighted by molar-refractivity contribution is 7.91. The zero-order valence-corrected chi connectivity index (χ0v) is 19.9. The molecule has 0 spiro atoms. The first-order valence-corrected chi connectivity index (χ1v) is 13.0. The number of nitrogens with zero attached hydrogens (tertiary/aromatic N) is 2. The SMILES string of the molecule is Cc1cc(C(=O)COC(=O)c2csc(-c3cccc(Cl)c3)n2)c(C)n1[C@H]1CCS(=O)(=O)C1. The summed E-state index contributed by atoms with van der Waals surface area (Å²) in [5, 5.41) is 2.77. The number of benzene rings is 1. The molecular formula is C22H21ClN2O5S2. The summed E-state index contributed by atoms with van der Waals surface area (Å²) in [7, 11) is -3.05. The number of ether oxygens (including phenoxy) is 1. The Bertz CT molecular complexity index is 1310. The van der Waals surface area contributed by atoms with Crippen molar-refractivity contribution < 1.29 is 22.7 Å². The van der Waals surface area contributed by atoms with Gasteiger partial charge in [0.25, 0.3) is 0 Å². The van der Waals surface area contributed by atoms with E-state index in [0.717, 1.165) is 11.3 Å². The Morgan fingerprint density at radius 1 is 1.28 bits per heavy atom. The summed E-state index contributed by atoms with van der Waals surface area (Å²) in [6.07, 6.45) is 0.528. The molecule has 4 rings (SSSR count). The van der Waals surface area contributed by atoms with Crippen molar-refractivity contribution in [1.29, 1.82) is 0 Å². The fourth-order valence-corrected chi connectivity index (χ4v) is 6.68. The Morgan fingerprint density at radius 2 is 2.06 bits per heavy atom. The summed E-state index contributed by atoms with van der Waals surface area (Å²) < 4.78 is 30.8. The van der Waals surface area contributed by atoms with Crippen molar-refractivity contribution in [2.45, 2.75) is 26.3 Å². The van der Waals surface area contributed by atoms with Gasteiger partial charge >= 0.3 is 5.97 Å². The maximum atomic E-state index is 12.7. The van der Waals surface area contributed by atoms with Gasteiger partial charge in [-0.2, -0.15) is 0 Å². The van der Waals surface area contributed by atoms with Gasteiger partial charge in [-0.15, -0.1) is 11.3 Å². The van der Waals surface area contributed by atoms with Crippen LogP contribution in [0.5, 0.6) is 0 Å². The minimum atomic E-state index is -3.05. The third-order valence-corrected chi connectivity index (χ3v) is 8.35. The van der Waals surface area contributed by atoms with E-state index in [-0.39, 0.29) is 29.0 Å². The van der Waals surface area contributed by atoms with Crippen molar-refractivity contribution in [1.82, 2.24) is 9.55 Å². The lowest BCUT2D eigenvalue weighted by atomic mass is 10.1. The first kappa shape index (κ1) is 22.7. The molecule has 0 N–H and O–H groups in total. The number of Topliss-reactive ketones (excluding diaryl/α,β-unsaturated/α-hetero) is 1. The van der Waals surface area contributed by atoms with E-state index in [4.69, 9.17) is 16.3 Å². The molecule has 10 heteroatoms. The van der Waals surface area contributed by atoms with Gasteiger partial charge in [-0.3, -0.25) is 4.79 Å². The maximum Gasteiger partial charge on any atom is 0.358 e. The number of esters is 1. The number of hydrogen-bond acceptors (Lipinski definition) is 7. The summed E-state index contributed by atoms with van der Waals surface area (Å²) in [6.45, 7) is 3.20. The minimum Gasteiger partial charge on any atom is -0.453 e. The molecule has 1 aromatic carbocycles. The molecule has 0 amide bonds. The molecule has 1 fully saturated rings. The lowest BCUT2D eigenvalue weighted by molar-refractivity contribution is 0.0469. The topological polar surface area (TPSA) is 95.3 Å². The second-order valence-electron chi connectivity index (χ2n) is 7.76. The second kappa shape index (κ2) is 8.80. The van der Waals surface area contributed by atoms with Gasteiger partial charge in [0, 0.05) is 39.0 Å². The largest absolute Gasteiger partial charge is 0.453 e. The van der Waals surface area contributed by atoms with Crippen molar-refractivity contribution in [3.8, 4) is 10.6 Å². The molecule has 3 heterocycles. The van der Waals surface area contributed by atoms with Crippen molar-refractivity contribution in [2.24, 2.45) is 0 Å². The van der Waals surface area contributed by atoms with Crippen molar-refractivity contribution >= 4 is 44.5 Å². The van der Waals surface area contributed by atoms with Gasteiger partial charge in [-0.1, -0.05) is 23.7 Å². The Balaban J connectivity index is 1.43. The van der Waals surface area contributed by atoms with Gasteiger partial charge in [-0.05, 0) is 38.5 Å². The Kier molecular flexibility index (Phi) is 6.24. The van der Waals surface area contributed by atoms with E-state index in [1.807, 2.05) is 17.6 Å². The van der Waals surface area contributed by atoms with E-state index >= 15 is 0 Å². The van der Waals surface area contributed by atoms with Crippen LogP contribution in [0.2, 0.25) is 5.02 Å². The third-order valence-electron chi connectivity index (χ3n) is 5.48. The highest BCUT2D eigenvalue weighted by Gasteiger charge is 2.31. The number of aromatic nitrogens is 2. The average Bonchev–Trinajstić information content (AvgIpc) is 3.43. The van der Waals surface area contributed by atoms with Crippen molar-refractivity contribution in [3.05, 3.63) is 63.4 Å². The quantitative estimate of drug-likeness (QED) is 0.376. The van der Waals surface area contributed by atoms with Crippen LogP contribution in [0.1, 0.15) is 44.7 Å². The Labute approximate surface area is 194 Å². The van der Waals surface area contributed by atoms with Gasteiger partial charge in [0.1, 0.15) is 5.01 Å². The van der Waals surface area contributed by atoms with E-state index in [1.165, 1.54) is 11.3 Å². The highest BCUT2D eigenvalue weighted by atomic mass is 35.5. The first-order chi connectivity index (χ1) is 15.1. The molecule has 2 aromatic heterocycles. The van der Waals surface area contributed by atoms with Crippen LogP contribution in [-0.2, 0) is 14.6 Å². The van der Waals surface area contributed by atoms with E-state index in [0.29, 0.717) is 27.7 Å². The zero-order chi connectivity index (χ0) is 23.0. The first-order valence-electron chi connectivity index (χ1n) is 9.95. The molecule has 0 bridgehead atoms. The molecule has 168 valence electrons.